The second-order valence-corrected chi connectivity index (χ2v) is 6.56. The van der Waals surface area contributed by atoms with Crippen molar-refractivity contribution < 1.29 is 19.1 Å². The average molecular weight is 354 g/mol. The zero-order valence-corrected chi connectivity index (χ0v) is 15.3. The fourth-order valence-electron chi connectivity index (χ4n) is 2.82. The first kappa shape index (κ1) is 17.8. The van der Waals surface area contributed by atoms with Crippen LogP contribution < -0.4 is 20.1 Å². The first-order chi connectivity index (χ1) is 12.3. The molecule has 26 heavy (non-hydrogen) atoms. The Morgan fingerprint density at radius 3 is 2.77 bits per heavy atom. The number of fused-ring (bicyclic) bond motifs is 1. The monoisotopic (exact) mass is 354 g/mol. The lowest BCUT2D eigenvalue weighted by molar-refractivity contribution is -0.147. The smallest absolute Gasteiger partial charge is 0.278 e. The lowest BCUT2D eigenvalue weighted by Gasteiger charge is -2.34. The summed E-state index contributed by atoms with van der Waals surface area (Å²) in [5.74, 6) is 0.176. The highest BCUT2D eigenvalue weighted by atomic mass is 16.5. The van der Waals surface area contributed by atoms with Gasteiger partial charge in [-0.05, 0) is 56.2 Å². The van der Waals surface area contributed by atoms with Crippen LogP contribution in [0.4, 0.5) is 5.69 Å². The molecule has 2 atom stereocenters. The number of ether oxygens (including phenoxy) is 2. The molecular weight excluding hydrogens is 332 g/mol. The van der Waals surface area contributed by atoms with Crippen LogP contribution in [0.15, 0.2) is 42.5 Å². The van der Waals surface area contributed by atoms with Gasteiger partial charge in [0.15, 0.2) is 0 Å². The minimum absolute atomic E-state index is 0.315. The van der Waals surface area contributed by atoms with E-state index in [1.165, 1.54) is 6.92 Å². The van der Waals surface area contributed by atoms with Gasteiger partial charge in [-0.25, -0.2) is 0 Å². The highest BCUT2D eigenvalue weighted by Crippen LogP contribution is 2.34. The van der Waals surface area contributed by atoms with Crippen LogP contribution in [0.25, 0.3) is 0 Å². The molecule has 2 amide bonds. The highest BCUT2D eigenvalue weighted by molar-refractivity contribution is 6.15. The summed E-state index contributed by atoms with van der Waals surface area (Å²) in [6, 6.07) is 12.5. The molecule has 0 spiro atoms. The van der Waals surface area contributed by atoms with Crippen molar-refractivity contribution in [2.75, 3.05) is 12.4 Å². The van der Waals surface area contributed by atoms with Crippen molar-refractivity contribution in [3.05, 3.63) is 53.6 Å². The van der Waals surface area contributed by atoms with Crippen molar-refractivity contribution in [2.45, 2.75) is 32.4 Å². The number of carbonyl (C=O) groups is 2. The van der Waals surface area contributed by atoms with Gasteiger partial charge in [0.25, 0.3) is 17.4 Å². The molecule has 0 fully saturated rings. The molecule has 136 valence electrons. The molecule has 1 heterocycles. The minimum atomic E-state index is -1.64. The molecule has 0 saturated carbocycles. The van der Waals surface area contributed by atoms with Gasteiger partial charge in [-0.3, -0.25) is 9.59 Å². The molecule has 3 rings (SSSR count). The largest absolute Gasteiger partial charge is 0.497 e. The van der Waals surface area contributed by atoms with Crippen LogP contribution in [0.2, 0.25) is 0 Å². The number of rotatable bonds is 4. The molecule has 0 bridgehead atoms. The zero-order chi connectivity index (χ0) is 18.9. The van der Waals surface area contributed by atoms with Crippen LogP contribution in [0.3, 0.4) is 0 Å². The van der Waals surface area contributed by atoms with E-state index in [2.05, 4.69) is 10.6 Å². The number of nitrogens with one attached hydrogen (secondary N) is 2. The number of carbonyl (C=O) groups excluding carboxylic acids is 2. The van der Waals surface area contributed by atoms with Crippen molar-refractivity contribution in [2.24, 2.45) is 0 Å². The Balaban J connectivity index is 1.80. The summed E-state index contributed by atoms with van der Waals surface area (Å²) < 4.78 is 11.0. The van der Waals surface area contributed by atoms with Crippen LogP contribution in [0.5, 0.6) is 11.5 Å². The Hall–Kier alpha value is -3.02. The van der Waals surface area contributed by atoms with E-state index >= 15 is 0 Å². The van der Waals surface area contributed by atoms with Crippen molar-refractivity contribution >= 4 is 17.5 Å². The number of methoxy groups -OCH3 is 1. The van der Waals surface area contributed by atoms with Gasteiger partial charge in [-0.15, -0.1) is 0 Å². The van der Waals surface area contributed by atoms with E-state index in [1.807, 2.05) is 50.2 Å². The van der Waals surface area contributed by atoms with Crippen molar-refractivity contribution in [3.8, 4) is 11.5 Å². The summed E-state index contributed by atoms with van der Waals surface area (Å²) in [5.41, 5.74) is 0.789. The molecule has 1 aliphatic rings. The Morgan fingerprint density at radius 2 is 2.04 bits per heavy atom. The fourth-order valence-corrected chi connectivity index (χ4v) is 2.82. The maximum Gasteiger partial charge on any atom is 0.278 e. The standard InChI is InChI=1S/C20H22N2O4/c1-12-8-9-17-16(10-12)22-19(24)20(3,26-17)18(23)21-13(2)14-6-5-7-15(11-14)25-4/h5-11,13H,1-4H3,(H,21,23)(H,22,24). The van der Waals surface area contributed by atoms with Crippen LogP contribution in [-0.4, -0.2) is 24.5 Å². The van der Waals surface area contributed by atoms with Gasteiger partial charge in [-0.1, -0.05) is 18.2 Å². The molecule has 2 N–H and O–H groups in total. The van der Waals surface area contributed by atoms with E-state index in [-0.39, 0.29) is 6.04 Å². The lowest BCUT2D eigenvalue weighted by atomic mass is 9.99. The van der Waals surface area contributed by atoms with Gasteiger partial charge in [0.2, 0.25) is 0 Å². The summed E-state index contributed by atoms with van der Waals surface area (Å²) in [7, 11) is 1.59. The third-order valence-corrected chi connectivity index (χ3v) is 4.51. The second kappa shape index (κ2) is 6.71. The minimum Gasteiger partial charge on any atom is -0.497 e. The van der Waals surface area contributed by atoms with E-state index in [0.29, 0.717) is 17.2 Å². The van der Waals surface area contributed by atoms with Gasteiger partial charge >= 0.3 is 0 Å². The fraction of sp³-hybridized carbons (Fsp3) is 0.300. The zero-order valence-electron chi connectivity index (χ0n) is 15.3. The van der Waals surface area contributed by atoms with E-state index in [0.717, 1.165) is 11.1 Å². The molecule has 6 nitrogen and oxygen atoms in total. The van der Waals surface area contributed by atoms with Crippen LogP contribution in [0.1, 0.15) is 31.0 Å². The topological polar surface area (TPSA) is 76.7 Å². The van der Waals surface area contributed by atoms with E-state index in [9.17, 15) is 9.59 Å². The van der Waals surface area contributed by atoms with Crippen LogP contribution >= 0.6 is 0 Å². The number of hydrogen-bond donors (Lipinski definition) is 2. The van der Waals surface area contributed by atoms with E-state index < -0.39 is 17.4 Å². The normalized spacial score (nSPS) is 19.6. The summed E-state index contributed by atoms with van der Waals surface area (Å²) in [6.07, 6.45) is 0. The molecule has 2 aromatic rings. The summed E-state index contributed by atoms with van der Waals surface area (Å²) in [4.78, 5) is 25.4. The average Bonchev–Trinajstić information content (AvgIpc) is 2.63. The Labute approximate surface area is 152 Å². The predicted molar refractivity (Wildman–Crippen MR) is 98.4 cm³/mol. The molecule has 2 aromatic carbocycles. The van der Waals surface area contributed by atoms with Crippen LogP contribution in [-0.2, 0) is 9.59 Å². The van der Waals surface area contributed by atoms with Crippen molar-refractivity contribution in [1.29, 1.82) is 0 Å². The lowest BCUT2D eigenvalue weighted by Crippen LogP contribution is -2.59. The number of aryl methyl sites for hydroxylation is 1. The van der Waals surface area contributed by atoms with Gasteiger partial charge in [0.05, 0.1) is 18.8 Å². The second-order valence-electron chi connectivity index (χ2n) is 6.56. The van der Waals surface area contributed by atoms with Gasteiger partial charge in [0, 0.05) is 0 Å². The Bertz CT molecular complexity index is 865. The molecule has 0 aromatic heterocycles. The third-order valence-electron chi connectivity index (χ3n) is 4.51. The van der Waals surface area contributed by atoms with Gasteiger partial charge in [0.1, 0.15) is 11.5 Å². The SMILES string of the molecule is COc1cccc(C(C)NC(=O)C2(C)Oc3ccc(C)cc3NC2=O)c1. The van der Waals surface area contributed by atoms with E-state index in [1.54, 1.807) is 13.2 Å². The number of anilines is 1. The van der Waals surface area contributed by atoms with E-state index in [4.69, 9.17) is 9.47 Å². The Kier molecular flexibility index (Phi) is 4.59. The summed E-state index contributed by atoms with van der Waals surface area (Å²) in [6.45, 7) is 5.23. The highest BCUT2D eigenvalue weighted by Gasteiger charge is 2.47. The molecule has 2 unspecified atom stereocenters. The molecule has 0 saturated heterocycles. The van der Waals surface area contributed by atoms with Crippen LogP contribution in [0, 0.1) is 6.92 Å². The number of amides is 2. The first-order valence-electron chi connectivity index (χ1n) is 8.39. The first-order valence-corrected chi connectivity index (χ1v) is 8.39. The molecule has 1 aliphatic heterocycles. The summed E-state index contributed by atoms with van der Waals surface area (Å²) in [5, 5.41) is 5.61. The third kappa shape index (κ3) is 3.22. The number of benzene rings is 2. The van der Waals surface area contributed by atoms with Crippen molar-refractivity contribution in [1.82, 2.24) is 5.32 Å². The maximum atomic E-state index is 12.8. The molecule has 6 heteroatoms. The molecule has 0 radical (unpaired) electrons. The number of hydrogen-bond acceptors (Lipinski definition) is 4. The molecule has 0 aliphatic carbocycles. The van der Waals surface area contributed by atoms with Gasteiger partial charge in [-0.2, -0.15) is 0 Å². The quantitative estimate of drug-likeness (QED) is 0.828. The maximum absolute atomic E-state index is 12.8. The Morgan fingerprint density at radius 1 is 1.27 bits per heavy atom. The van der Waals surface area contributed by atoms with Crippen molar-refractivity contribution in [3.63, 3.8) is 0 Å². The predicted octanol–water partition coefficient (Wildman–Crippen LogP) is 2.97. The van der Waals surface area contributed by atoms with Gasteiger partial charge < -0.3 is 20.1 Å². The summed E-state index contributed by atoms with van der Waals surface area (Å²) >= 11 is 0. The molecular formula is C20H22N2O4.